The number of benzene rings is 1. The zero-order valence-electron chi connectivity index (χ0n) is 30.0. The molecule has 0 spiro atoms. The number of hydrogen-bond donors (Lipinski definition) is 1. The molecule has 0 saturated carbocycles. The van der Waals surface area contributed by atoms with Crippen LogP contribution in [0.1, 0.15) is 112 Å². The van der Waals surface area contributed by atoms with Gasteiger partial charge in [-0.25, -0.2) is 9.97 Å². The molecule has 0 aliphatic carbocycles. The number of pyridine rings is 1. The second-order valence-corrected chi connectivity index (χ2v) is 17.6. The van der Waals surface area contributed by atoms with Crippen molar-refractivity contribution < 1.29 is 4.74 Å². The fourth-order valence-corrected chi connectivity index (χ4v) is 6.89. The molecule has 6 nitrogen and oxygen atoms in total. The van der Waals surface area contributed by atoms with Gasteiger partial charge in [0.05, 0.1) is 4.88 Å². The maximum Gasteiger partial charge on any atom is 0.186 e. The van der Waals surface area contributed by atoms with Gasteiger partial charge in [0.2, 0.25) is 0 Å². The Labute approximate surface area is 276 Å². The summed E-state index contributed by atoms with van der Waals surface area (Å²) < 4.78 is 6.51. The molecule has 1 atom stereocenters. The van der Waals surface area contributed by atoms with Crippen LogP contribution < -0.4 is 15.4 Å². The summed E-state index contributed by atoms with van der Waals surface area (Å²) in [7, 11) is 0. The Hall–Kier alpha value is -3.08. The van der Waals surface area contributed by atoms with E-state index in [1.165, 1.54) is 11.1 Å². The fourth-order valence-electron chi connectivity index (χ4n) is 5.87. The Morgan fingerprint density at radius 2 is 1.60 bits per heavy atom. The van der Waals surface area contributed by atoms with E-state index in [2.05, 4.69) is 129 Å². The average molecular weight is 630 g/mol. The fraction of sp³-hybridized carbons (Fsp3) is 0.579. The van der Waals surface area contributed by atoms with Crippen LogP contribution in [0.3, 0.4) is 0 Å². The lowest BCUT2D eigenvalue weighted by atomic mass is 9.72. The molecule has 2 aromatic heterocycles. The van der Waals surface area contributed by atoms with E-state index < -0.39 is 0 Å². The van der Waals surface area contributed by atoms with Crippen LogP contribution in [-0.2, 0) is 17.4 Å². The van der Waals surface area contributed by atoms with Gasteiger partial charge in [0, 0.05) is 60.2 Å². The average Bonchev–Trinajstić information content (AvgIpc) is 3.39. The molecule has 2 N–H and O–H groups in total. The summed E-state index contributed by atoms with van der Waals surface area (Å²) in [6, 6.07) is 6.85. The van der Waals surface area contributed by atoms with Crippen molar-refractivity contribution in [3.8, 4) is 28.0 Å². The van der Waals surface area contributed by atoms with Gasteiger partial charge < -0.3 is 15.4 Å². The first kappa shape index (κ1) is 34.8. The molecule has 1 aliphatic heterocycles. The number of thiazole rings is 1. The molecule has 3 heterocycles. The second kappa shape index (κ2) is 12.6. The molecular weight excluding hydrogens is 575 g/mol. The summed E-state index contributed by atoms with van der Waals surface area (Å²) in [5.74, 6) is 7.82. The summed E-state index contributed by atoms with van der Waals surface area (Å²) in [5, 5.41) is 1.04. The van der Waals surface area contributed by atoms with Gasteiger partial charge >= 0.3 is 0 Å². The van der Waals surface area contributed by atoms with Gasteiger partial charge in [-0.1, -0.05) is 64.7 Å². The maximum absolute atomic E-state index is 6.51. The van der Waals surface area contributed by atoms with Gasteiger partial charge in [0.25, 0.3) is 0 Å². The Kier molecular flexibility index (Phi) is 9.75. The quantitative estimate of drug-likeness (QED) is 0.285. The molecule has 45 heavy (non-hydrogen) atoms. The summed E-state index contributed by atoms with van der Waals surface area (Å²) in [6.45, 7) is 32.6. The molecular formula is C38H55N5OS. The van der Waals surface area contributed by atoms with E-state index in [0.717, 1.165) is 46.3 Å². The van der Waals surface area contributed by atoms with Crippen molar-refractivity contribution in [3.05, 3.63) is 52.8 Å². The predicted molar refractivity (Wildman–Crippen MR) is 192 cm³/mol. The Balaban J connectivity index is 1.63. The third kappa shape index (κ3) is 8.60. The van der Waals surface area contributed by atoms with Gasteiger partial charge in [-0.05, 0) is 94.2 Å². The number of nitrogens with zero attached hydrogens (tertiary/aromatic N) is 4. The molecule has 0 bridgehead atoms. The standard InChI is InChI=1S/C38H55N5OS/c1-25-23-42(38(11,12)13)16-17-43(25)34-41-22-31(45-34)27-20-30(33(39)40-21-27)44-24-28-18-26(14-15-35(2,3)4)19-29(36(5,6)7)32(28)37(8,9)10/h18-22,25H,16-17,23-24H2,1-13H3,(H2,39,40). The van der Waals surface area contributed by atoms with Gasteiger partial charge in [0.1, 0.15) is 6.61 Å². The van der Waals surface area contributed by atoms with Crippen molar-refractivity contribution in [1.29, 1.82) is 0 Å². The Morgan fingerprint density at radius 3 is 2.18 bits per heavy atom. The zero-order chi connectivity index (χ0) is 33.5. The van der Waals surface area contributed by atoms with Crippen LogP contribution in [0.25, 0.3) is 10.4 Å². The van der Waals surface area contributed by atoms with Crippen molar-refractivity contribution in [2.75, 3.05) is 30.3 Å². The molecule has 1 aliphatic rings. The normalized spacial score (nSPS) is 16.8. The number of nitrogen functional groups attached to an aromatic ring is 1. The van der Waals surface area contributed by atoms with Crippen LogP contribution in [0.5, 0.6) is 5.75 Å². The topological polar surface area (TPSA) is 67.5 Å². The number of anilines is 2. The summed E-state index contributed by atoms with van der Waals surface area (Å²) in [6.07, 6.45) is 3.77. The van der Waals surface area contributed by atoms with Crippen LogP contribution in [0.2, 0.25) is 0 Å². The minimum atomic E-state index is -0.0862. The lowest BCUT2D eigenvalue weighted by Gasteiger charge is -2.45. The molecule has 0 amide bonds. The Morgan fingerprint density at radius 1 is 0.911 bits per heavy atom. The molecule has 1 unspecified atom stereocenters. The highest BCUT2D eigenvalue weighted by Crippen LogP contribution is 2.39. The van der Waals surface area contributed by atoms with E-state index in [1.807, 2.05) is 18.5 Å². The number of ether oxygens (including phenoxy) is 1. The summed E-state index contributed by atoms with van der Waals surface area (Å²) in [4.78, 5) is 15.4. The molecule has 3 aromatic rings. The lowest BCUT2D eigenvalue weighted by molar-refractivity contribution is 0.112. The summed E-state index contributed by atoms with van der Waals surface area (Å²) >= 11 is 1.70. The van der Waals surface area contributed by atoms with Crippen LogP contribution in [0, 0.1) is 17.3 Å². The first-order chi connectivity index (χ1) is 20.6. The predicted octanol–water partition coefficient (Wildman–Crippen LogP) is 8.67. The van der Waals surface area contributed by atoms with E-state index in [4.69, 9.17) is 15.5 Å². The smallest absolute Gasteiger partial charge is 0.186 e. The monoisotopic (exact) mass is 629 g/mol. The van der Waals surface area contributed by atoms with E-state index in [-0.39, 0.29) is 21.8 Å². The molecule has 0 radical (unpaired) electrons. The van der Waals surface area contributed by atoms with Gasteiger partial charge in [0.15, 0.2) is 16.7 Å². The van der Waals surface area contributed by atoms with Gasteiger partial charge in [-0.15, -0.1) is 0 Å². The van der Waals surface area contributed by atoms with Crippen LogP contribution >= 0.6 is 11.3 Å². The molecule has 1 fully saturated rings. The number of piperazine rings is 1. The van der Waals surface area contributed by atoms with Gasteiger partial charge in [-0.3, -0.25) is 4.90 Å². The highest BCUT2D eigenvalue weighted by molar-refractivity contribution is 7.18. The molecule has 4 rings (SSSR count). The minimum absolute atomic E-state index is 0.0575. The SMILES string of the molecule is CC1CN(C(C)(C)C)CCN1c1ncc(-c2cnc(N)c(OCc3cc(C#CC(C)(C)C)cc(C(C)(C)C)c3C(C)(C)C)c2)s1. The number of nitrogens with two attached hydrogens (primary N) is 1. The van der Waals surface area contributed by atoms with Crippen LogP contribution in [0.4, 0.5) is 10.9 Å². The maximum atomic E-state index is 6.51. The van der Waals surface area contributed by atoms with Gasteiger partial charge in [-0.2, -0.15) is 0 Å². The first-order valence-corrected chi connectivity index (χ1v) is 17.0. The third-order valence-electron chi connectivity index (χ3n) is 8.22. The lowest BCUT2D eigenvalue weighted by Crippen LogP contribution is -2.57. The van der Waals surface area contributed by atoms with E-state index in [1.54, 1.807) is 11.3 Å². The van der Waals surface area contributed by atoms with Crippen molar-refractivity contribution in [1.82, 2.24) is 14.9 Å². The summed E-state index contributed by atoms with van der Waals surface area (Å²) in [5.41, 5.74) is 12.0. The largest absolute Gasteiger partial charge is 0.485 e. The van der Waals surface area contributed by atoms with Crippen molar-refractivity contribution >= 4 is 22.3 Å². The van der Waals surface area contributed by atoms with E-state index >= 15 is 0 Å². The van der Waals surface area contributed by atoms with Crippen LogP contribution in [-0.4, -0.2) is 46.1 Å². The Bertz CT molecular complexity index is 1570. The van der Waals surface area contributed by atoms with Crippen molar-refractivity contribution in [2.24, 2.45) is 5.41 Å². The highest BCUT2D eigenvalue weighted by Gasteiger charge is 2.32. The minimum Gasteiger partial charge on any atom is -0.485 e. The molecule has 1 aromatic carbocycles. The van der Waals surface area contributed by atoms with Crippen LogP contribution in [0.15, 0.2) is 30.6 Å². The zero-order valence-corrected chi connectivity index (χ0v) is 30.8. The number of rotatable bonds is 5. The molecule has 1 saturated heterocycles. The van der Waals surface area contributed by atoms with Crippen molar-refractivity contribution in [2.45, 2.75) is 119 Å². The highest BCUT2D eigenvalue weighted by atomic mass is 32.1. The molecule has 244 valence electrons. The first-order valence-electron chi connectivity index (χ1n) is 16.2. The number of aromatic nitrogens is 2. The third-order valence-corrected chi connectivity index (χ3v) is 9.31. The number of hydrogen-bond acceptors (Lipinski definition) is 7. The second-order valence-electron chi connectivity index (χ2n) is 16.6. The van der Waals surface area contributed by atoms with Crippen molar-refractivity contribution in [3.63, 3.8) is 0 Å². The van der Waals surface area contributed by atoms with E-state index in [9.17, 15) is 0 Å². The molecule has 7 heteroatoms. The van der Waals surface area contributed by atoms with E-state index in [0.29, 0.717) is 24.2 Å².